The molecule has 0 radical (unpaired) electrons. The summed E-state index contributed by atoms with van der Waals surface area (Å²) in [5, 5.41) is 33.1. The highest BCUT2D eigenvalue weighted by atomic mass is 16.6. The molecule has 2 aromatic rings. The molecule has 114 valence electrons. The Morgan fingerprint density at radius 3 is 2.76 bits per heavy atom. The molecule has 0 saturated carbocycles. The SMILES string of the molecule is CCc1nn(C=O)c2c1ncn2C1OC(CO)C(O)C1O. The van der Waals surface area contributed by atoms with Crippen LogP contribution in [0.4, 0.5) is 0 Å². The first-order chi connectivity index (χ1) is 10.1. The number of fused-ring (bicyclic) bond motifs is 1. The van der Waals surface area contributed by atoms with Crippen molar-refractivity contribution in [2.24, 2.45) is 0 Å². The Morgan fingerprint density at radius 2 is 2.19 bits per heavy atom. The van der Waals surface area contributed by atoms with Gasteiger partial charge < -0.3 is 20.1 Å². The molecule has 2 aromatic heterocycles. The molecule has 4 atom stereocenters. The molecule has 3 rings (SSSR count). The number of nitrogens with zero attached hydrogens (tertiary/aromatic N) is 4. The fourth-order valence-electron chi connectivity index (χ4n) is 2.62. The van der Waals surface area contributed by atoms with Crippen molar-refractivity contribution in [3.63, 3.8) is 0 Å². The van der Waals surface area contributed by atoms with Gasteiger partial charge >= 0.3 is 0 Å². The van der Waals surface area contributed by atoms with E-state index in [9.17, 15) is 15.0 Å². The number of aromatic nitrogens is 4. The van der Waals surface area contributed by atoms with Crippen LogP contribution in [0, 0.1) is 0 Å². The number of aryl methyl sites for hydroxylation is 1. The van der Waals surface area contributed by atoms with Gasteiger partial charge in [-0.2, -0.15) is 9.78 Å². The van der Waals surface area contributed by atoms with Gasteiger partial charge in [-0.15, -0.1) is 0 Å². The highest BCUT2D eigenvalue weighted by Gasteiger charge is 2.44. The van der Waals surface area contributed by atoms with Gasteiger partial charge in [0.15, 0.2) is 11.9 Å². The number of carbonyl (C=O) groups is 1. The topological polar surface area (TPSA) is 123 Å². The van der Waals surface area contributed by atoms with Gasteiger partial charge in [-0.05, 0) is 6.42 Å². The molecule has 1 aliphatic heterocycles. The smallest absolute Gasteiger partial charge is 0.236 e. The molecule has 9 nitrogen and oxygen atoms in total. The fourth-order valence-corrected chi connectivity index (χ4v) is 2.62. The average Bonchev–Trinajstić information content (AvgIpc) is 3.14. The van der Waals surface area contributed by atoms with Crippen LogP contribution in [0.15, 0.2) is 6.33 Å². The van der Waals surface area contributed by atoms with E-state index in [2.05, 4.69) is 10.1 Å². The Balaban J connectivity index is 2.09. The molecular formula is C12H16N4O5. The van der Waals surface area contributed by atoms with Gasteiger partial charge in [-0.1, -0.05) is 6.92 Å². The van der Waals surface area contributed by atoms with Crippen molar-refractivity contribution in [2.45, 2.75) is 37.9 Å². The predicted octanol–water partition coefficient (Wildman–Crippen LogP) is -1.55. The zero-order valence-corrected chi connectivity index (χ0v) is 11.3. The molecule has 3 heterocycles. The number of aliphatic hydroxyl groups excluding tert-OH is 3. The molecule has 0 bridgehead atoms. The standard InChI is InChI=1S/C12H16N4O5/c1-2-6-8-11(16(5-18)14-6)15(4-13-8)12-10(20)9(19)7(3-17)21-12/h4-5,7,9-10,12,17,19-20H,2-3H2,1H3. The summed E-state index contributed by atoms with van der Waals surface area (Å²) < 4.78 is 8.01. The lowest BCUT2D eigenvalue weighted by Crippen LogP contribution is -2.33. The summed E-state index contributed by atoms with van der Waals surface area (Å²) in [5.41, 5.74) is 1.58. The third-order valence-corrected chi connectivity index (χ3v) is 3.71. The Bertz CT molecular complexity index is 666. The number of imidazole rings is 1. The minimum atomic E-state index is -1.24. The van der Waals surface area contributed by atoms with E-state index in [1.54, 1.807) is 0 Å². The van der Waals surface area contributed by atoms with E-state index >= 15 is 0 Å². The van der Waals surface area contributed by atoms with Gasteiger partial charge in [-0.25, -0.2) is 4.98 Å². The van der Waals surface area contributed by atoms with Crippen molar-refractivity contribution in [3.05, 3.63) is 12.0 Å². The van der Waals surface area contributed by atoms with Crippen LogP contribution in [0.25, 0.3) is 11.2 Å². The third kappa shape index (κ3) is 1.97. The van der Waals surface area contributed by atoms with Gasteiger partial charge in [0, 0.05) is 0 Å². The lowest BCUT2D eigenvalue weighted by Gasteiger charge is -2.16. The second kappa shape index (κ2) is 5.19. The van der Waals surface area contributed by atoms with E-state index in [1.165, 1.54) is 10.9 Å². The third-order valence-electron chi connectivity index (χ3n) is 3.71. The summed E-state index contributed by atoms with van der Waals surface area (Å²) in [6, 6.07) is 0. The van der Waals surface area contributed by atoms with Crippen molar-refractivity contribution in [1.29, 1.82) is 0 Å². The van der Waals surface area contributed by atoms with Crippen molar-refractivity contribution in [2.75, 3.05) is 6.61 Å². The molecule has 9 heteroatoms. The van der Waals surface area contributed by atoms with Gasteiger partial charge in [0.1, 0.15) is 23.8 Å². The molecule has 0 aromatic carbocycles. The lowest BCUT2D eigenvalue weighted by atomic mass is 10.1. The number of hydrogen-bond acceptors (Lipinski definition) is 7. The second-order valence-corrected chi connectivity index (χ2v) is 4.90. The molecule has 4 unspecified atom stereocenters. The molecule has 0 amide bonds. The van der Waals surface area contributed by atoms with E-state index in [4.69, 9.17) is 9.84 Å². The zero-order valence-electron chi connectivity index (χ0n) is 11.3. The maximum absolute atomic E-state index is 11.1. The maximum atomic E-state index is 11.1. The molecule has 0 aliphatic carbocycles. The summed E-state index contributed by atoms with van der Waals surface area (Å²) in [6.45, 7) is 1.47. The van der Waals surface area contributed by atoms with Crippen LogP contribution in [-0.2, 0) is 16.0 Å². The van der Waals surface area contributed by atoms with Gasteiger partial charge in [0.05, 0.1) is 18.6 Å². The first-order valence-corrected chi connectivity index (χ1v) is 6.64. The highest BCUT2D eigenvalue weighted by molar-refractivity contribution is 5.80. The minimum absolute atomic E-state index is 0.386. The quantitative estimate of drug-likeness (QED) is 0.583. The van der Waals surface area contributed by atoms with E-state index < -0.39 is 31.1 Å². The minimum Gasteiger partial charge on any atom is -0.394 e. The van der Waals surface area contributed by atoms with Crippen LogP contribution >= 0.6 is 0 Å². The van der Waals surface area contributed by atoms with Crippen molar-refractivity contribution >= 4 is 17.6 Å². The maximum Gasteiger partial charge on any atom is 0.236 e. The first kappa shape index (κ1) is 14.1. The molecule has 21 heavy (non-hydrogen) atoms. The second-order valence-electron chi connectivity index (χ2n) is 4.90. The van der Waals surface area contributed by atoms with Crippen LogP contribution < -0.4 is 0 Å². The molecule has 1 fully saturated rings. The predicted molar refractivity (Wildman–Crippen MR) is 70.1 cm³/mol. The molecule has 0 spiro atoms. The molecule has 1 aliphatic rings. The van der Waals surface area contributed by atoms with Crippen LogP contribution in [0.3, 0.4) is 0 Å². The fraction of sp³-hybridized carbons (Fsp3) is 0.583. The largest absolute Gasteiger partial charge is 0.394 e. The number of hydrogen-bond donors (Lipinski definition) is 3. The molecular weight excluding hydrogens is 280 g/mol. The van der Waals surface area contributed by atoms with Crippen LogP contribution in [0.2, 0.25) is 0 Å². The first-order valence-electron chi connectivity index (χ1n) is 6.64. The lowest BCUT2D eigenvalue weighted by molar-refractivity contribution is -0.0512. The van der Waals surface area contributed by atoms with E-state index in [0.717, 1.165) is 4.68 Å². The normalized spacial score (nSPS) is 29.3. The van der Waals surface area contributed by atoms with Crippen molar-refractivity contribution < 1.29 is 24.9 Å². The summed E-state index contributed by atoms with van der Waals surface area (Å²) >= 11 is 0. The number of ether oxygens (including phenoxy) is 1. The summed E-state index contributed by atoms with van der Waals surface area (Å²) in [5.74, 6) is 0. The van der Waals surface area contributed by atoms with Gasteiger partial charge in [0.25, 0.3) is 0 Å². The molecule has 3 N–H and O–H groups in total. The Morgan fingerprint density at radius 1 is 1.43 bits per heavy atom. The van der Waals surface area contributed by atoms with E-state index in [0.29, 0.717) is 29.7 Å². The Hall–Kier alpha value is -1.81. The Kier molecular flexibility index (Phi) is 3.49. The van der Waals surface area contributed by atoms with Crippen LogP contribution in [0.5, 0.6) is 0 Å². The summed E-state index contributed by atoms with van der Waals surface area (Å²) in [4.78, 5) is 15.3. The van der Waals surface area contributed by atoms with Crippen molar-refractivity contribution in [1.82, 2.24) is 19.3 Å². The van der Waals surface area contributed by atoms with Crippen LogP contribution in [0.1, 0.15) is 18.8 Å². The van der Waals surface area contributed by atoms with Gasteiger partial charge in [0.2, 0.25) is 6.41 Å². The van der Waals surface area contributed by atoms with Crippen LogP contribution in [-0.4, -0.2) is 66.0 Å². The van der Waals surface area contributed by atoms with E-state index in [1.807, 2.05) is 6.92 Å². The number of rotatable bonds is 4. The number of carbonyl (C=O) groups excluding carboxylic acids is 1. The average molecular weight is 296 g/mol. The summed E-state index contributed by atoms with van der Waals surface area (Å²) in [7, 11) is 0. The Labute approximate surface area is 119 Å². The zero-order chi connectivity index (χ0) is 15.1. The molecule has 1 saturated heterocycles. The highest BCUT2D eigenvalue weighted by Crippen LogP contribution is 2.32. The van der Waals surface area contributed by atoms with Gasteiger partial charge in [-0.3, -0.25) is 9.36 Å². The number of aliphatic hydroxyl groups is 3. The monoisotopic (exact) mass is 296 g/mol. The van der Waals surface area contributed by atoms with E-state index in [-0.39, 0.29) is 0 Å². The van der Waals surface area contributed by atoms with Crippen molar-refractivity contribution in [3.8, 4) is 0 Å². The summed E-state index contributed by atoms with van der Waals surface area (Å²) in [6.07, 6.45) is -1.71.